The molecule has 1 aromatic carbocycles. The molecule has 1 atom stereocenters. The minimum atomic E-state index is -0.410. The van der Waals surface area contributed by atoms with Gasteiger partial charge in [0.1, 0.15) is 6.26 Å². The predicted octanol–water partition coefficient (Wildman–Crippen LogP) is 3.74. The molecule has 0 fully saturated rings. The number of rotatable bonds is 6. The van der Waals surface area contributed by atoms with Crippen LogP contribution < -0.4 is 0 Å². The molecule has 0 aliphatic carbocycles. The summed E-state index contributed by atoms with van der Waals surface area (Å²) in [4.78, 5) is 30.8. The van der Waals surface area contributed by atoms with Crippen molar-refractivity contribution in [1.82, 2.24) is 9.88 Å². The SMILES string of the molecule is C=C/C(C)=C(\C=C)C(CN1C(=O)c2ccccc2C1=O)c1ncco1. The van der Waals surface area contributed by atoms with Gasteiger partial charge in [0, 0.05) is 6.54 Å². The van der Waals surface area contributed by atoms with Crippen molar-refractivity contribution < 1.29 is 14.0 Å². The van der Waals surface area contributed by atoms with Gasteiger partial charge in [0.2, 0.25) is 5.89 Å². The zero-order valence-electron chi connectivity index (χ0n) is 13.9. The highest BCUT2D eigenvalue weighted by Crippen LogP contribution is 2.31. The van der Waals surface area contributed by atoms with Crippen LogP contribution >= 0.6 is 0 Å². The van der Waals surface area contributed by atoms with E-state index >= 15 is 0 Å². The molecule has 0 bridgehead atoms. The highest BCUT2D eigenvalue weighted by Gasteiger charge is 2.38. The van der Waals surface area contributed by atoms with Crippen molar-refractivity contribution in [2.75, 3.05) is 6.54 Å². The molecule has 1 aliphatic rings. The Labute approximate surface area is 146 Å². The molecule has 5 heteroatoms. The maximum absolute atomic E-state index is 12.7. The number of hydrogen-bond donors (Lipinski definition) is 0. The van der Waals surface area contributed by atoms with E-state index in [0.717, 1.165) is 11.1 Å². The summed E-state index contributed by atoms with van der Waals surface area (Å²) in [7, 11) is 0. The van der Waals surface area contributed by atoms with Crippen LogP contribution in [0.25, 0.3) is 0 Å². The van der Waals surface area contributed by atoms with Crippen LogP contribution in [-0.4, -0.2) is 28.2 Å². The second-order valence-corrected chi connectivity index (χ2v) is 5.74. The van der Waals surface area contributed by atoms with Crippen molar-refractivity contribution in [3.05, 3.63) is 90.2 Å². The molecule has 1 aromatic heterocycles. The van der Waals surface area contributed by atoms with Crippen LogP contribution in [0.15, 0.2) is 77.6 Å². The fourth-order valence-corrected chi connectivity index (χ4v) is 3.00. The Bertz CT molecular complexity index is 843. The van der Waals surface area contributed by atoms with Gasteiger partial charge in [-0.1, -0.05) is 37.4 Å². The Hall–Kier alpha value is -3.21. The number of carbonyl (C=O) groups excluding carboxylic acids is 2. The van der Waals surface area contributed by atoms with E-state index in [-0.39, 0.29) is 18.4 Å². The van der Waals surface area contributed by atoms with Gasteiger partial charge < -0.3 is 4.42 Å². The predicted molar refractivity (Wildman–Crippen MR) is 94.1 cm³/mol. The number of oxazole rings is 1. The first-order valence-electron chi connectivity index (χ1n) is 7.88. The Morgan fingerprint density at radius 1 is 1.20 bits per heavy atom. The molecule has 0 saturated carbocycles. The van der Waals surface area contributed by atoms with Crippen LogP contribution in [0.2, 0.25) is 0 Å². The molecule has 0 saturated heterocycles. The molecule has 5 nitrogen and oxygen atoms in total. The summed E-state index contributed by atoms with van der Waals surface area (Å²) in [6.45, 7) is 9.65. The summed E-state index contributed by atoms with van der Waals surface area (Å²) >= 11 is 0. The van der Waals surface area contributed by atoms with Gasteiger partial charge in [0.05, 0.1) is 23.2 Å². The first-order chi connectivity index (χ1) is 12.1. The molecule has 0 spiro atoms. The summed E-state index contributed by atoms with van der Waals surface area (Å²) < 4.78 is 5.45. The minimum Gasteiger partial charge on any atom is -0.448 e. The van der Waals surface area contributed by atoms with Crippen molar-refractivity contribution in [3.8, 4) is 0 Å². The second-order valence-electron chi connectivity index (χ2n) is 5.74. The molecular formula is C20H18N2O3. The minimum absolute atomic E-state index is 0.124. The van der Waals surface area contributed by atoms with Crippen molar-refractivity contribution in [1.29, 1.82) is 0 Å². The summed E-state index contributed by atoms with van der Waals surface area (Å²) in [5, 5.41) is 0. The molecule has 1 aliphatic heterocycles. The van der Waals surface area contributed by atoms with E-state index in [2.05, 4.69) is 18.1 Å². The third-order valence-electron chi connectivity index (χ3n) is 4.35. The molecule has 2 amide bonds. The number of nitrogens with zero attached hydrogens (tertiary/aromatic N) is 2. The molecule has 0 N–H and O–H groups in total. The molecule has 2 heterocycles. The van der Waals surface area contributed by atoms with Crippen LogP contribution in [0.5, 0.6) is 0 Å². The first kappa shape index (κ1) is 16.6. The van der Waals surface area contributed by atoms with Gasteiger partial charge in [0.25, 0.3) is 11.8 Å². The zero-order valence-corrected chi connectivity index (χ0v) is 13.9. The average Bonchev–Trinajstić information content (AvgIpc) is 3.24. The van der Waals surface area contributed by atoms with Gasteiger partial charge in [-0.05, 0) is 30.2 Å². The quantitative estimate of drug-likeness (QED) is 0.596. The molecule has 3 rings (SSSR count). The largest absolute Gasteiger partial charge is 0.448 e. The fourth-order valence-electron chi connectivity index (χ4n) is 3.00. The van der Waals surface area contributed by atoms with Crippen LogP contribution in [0.1, 0.15) is 39.4 Å². The number of amides is 2. The summed E-state index contributed by atoms with van der Waals surface area (Å²) in [5.74, 6) is -0.603. The Morgan fingerprint density at radius 3 is 2.32 bits per heavy atom. The van der Waals surface area contributed by atoms with Crippen molar-refractivity contribution in [3.63, 3.8) is 0 Å². The molecule has 2 aromatic rings. The van der Waals surface area contributed by atoms with Crippen molar-refractivity contribution in [2.24, 2.45) is 0 Å². The van der Waals surface area contributed by atoms with Crippen LogP contribution in [0.4, 0.5) is 0 Å². The summed E-state index contributed by atoms with van der Waals surface area (Å²) in [6, 6.07) is 6.82. The third kappa shape index (κ3) is 2.85. The molecule has 25 heavy (non-hydrogen) atoms. The Kier molecular flexibility index (Phi) is 4.48. The van der Waals surface area contributed by atoms with Gasteiger partial charge in [-0.3, -0.25) is 14.5 Å². The molecular weight excluding hydrogens is 316 g/mol. The van der Waals surface area contributed by atoms with Gasteiger partial charge in [-0.15, -0.1) is 0 Å². The summed E-state index contributed by atoms with van der Waals surface area (Å²) in [5.41, 5.74) is 2.54. The second kappa shape index (κ2) is 6.73. The number of allylic oxidation sites excluding steroid dienone is 3. The number of carbonyl (C=O) groups is 2. The maximum Gasteiger partial charge on any atom is 0.261 e. The van der Waals surface area contributed by atoms with Gasteiger partial charge in [-0.2, -0.15) is 0 Å². The lowest BCUT2D eigenvalue weighted by atomic mass is 9.93. The highest BCUT2D eigenvalue weighted by molar-refractivity contribution is 6.21. The van der Waals surface area contributed by atoms with Crippen LogP contribution in [-0.2, 0) is 0 Å². The molecule has 1 unspecified atom stereocenters. The van der Waals surface area contributed by atoms with E-state index in [4.69, 9.17) is 4.42 Å². The standard InChI is InChI=1S/C20H18N2O3/c1-4-13(3)14(5-2)17(18-21-10-11-25-18)12-22-19(23)15-8-6-7-9-16(15)20(22)24/h4-11,17H,1-2,12H2,3H3/b14-13+. The van der Waals surface area contributed by atoms with E-state index in [9.17, 15) is 9.59 Å². The number of hydrogen-bond acceptors (Lipinski definition) is 4. The Morgan fingerprint density at radius 2 is 1.84 bits per heavy atom. The lowest BCUT2D eigenvalue weighted by Gasteiger charge is -2.22. The van der Waals surface area contributed by atoms with E-state index < -0.39 is 5.92 Å². The number of benzene rings is 1. The molecule has 126 valence electrons. The monoisotopic (exact) mass is 334 g/mol. The number of aromatic nitrogens is 1. The smallest absolute Gasteiger partial charge is 0.261 e. The maximum atomic E-state index is 12.7. The van der Waals surface area contributed by atoms with Gasteiger partial charge in [0.15, 0.2) is 0 Å². The average molecular weight is 334 g/mol. The number of fused-ring (bicyclic) bond motifs is 1. The lowest BCUT2D eigenvalue weighted by Crippen LogP contribution is -2.34. The Balaban J connectivity index is 2.00. The van der Waals surface area contributed by atoms with E-state index in [0.29, 0.717) is 17.0 Å². The van der Waals surface area contributed by atoms with Crippen molar-refractivity contribution in [2.45, 2.75) is 12.8 Å². The van der Waals surface area contributed by atoms with Gasteiger partial charge in [-0.25, -0.2) is 4.98 Å². The van der Waals surface area contributed by atoms with E-state index in [1.165, 1.54) is 17.4 Å². The zero-order chi connectivity index (χ0) is 18.0. The summed E-state index contributed by atoms with van der Waals surface area (Å²) in [6.07, 6.45) is 6.39. The van der Waals surface area contributed by atoms with Crippen LogP contribution in [0.3, 0.4) is 0 Å². The molecule has 0 radical (unpaired) electrons. The normalized spacial score (nSPS) is 15.6. The third-order valence-corrected chi connectivity index (χ3v) is 4.35. The topological polar surface area (TPSA) is 63.4 Å². The first-order valence-corrected chi connectivity index (χ1v) is 7.88. The highest BCUT2D eigenvalue weighted by atomic mass is 16.3. The fraction of sp³-hybridized carbons (Fsp3) is 0.150. The van der Waals surface area contributed by atoms with E-state index in [1.54, 1.807) is 36.4 Å². The number of imide groups is 1. The van der Waals surface area contributed by atoms with Crippen molar-refractivity contribution >= 4 is 11.8 Å². The lowest BCUT2D eigenvalue weighted by molar-refractivity contribution is 0.0646. The van der Waals surface area contributed by atoms with E-state index in [1.807, 2.05) is 6.92 Å². The van der Waals surface area contributed by atoms with Crippen LogP contribution in [0, 0.1) is 0 Å². The van der Waals surface area contributed by atoms with Gasteiger partial charge >= 0.3 is 0 Å².